The number of hydrogen-bond donors (Lipinski definition) is 2. The van der Waals surface area contributed by atoms with Crippen LogP contribution in [0, 0.1) is 9.64 Å². The summed E-state index contributed by atoms with van der Waals surface area (Å²) in [4.78, 5) is 14.0. The number of halogens is 4. The van der Waals surface area contributed by atoms with Gasteiger partial charge in [-0.15, -0.1) is 5.60 Å². The van der Waals surface area contributed by atoms with Gasteiger partial charge in [0, 0.05) is 46.2 Å². The molecule has 2 atom stereocenters. The van der Waals surface area contributed by atoms with Gasteiger partial charge in [-0.2, -0.15) is 41.0 Å². The van der Waals surface area contributed by atoms with E-state index in [1.165, 1.54) is 26.1 Å². The first-order chi connectivity index (χ1) is 40.8. The Hall–Kier alpha value is -2.14. The summed E-state index contributed by atoms with van der Waals surface area (Å²) in [6.07, 6.45) is 6.31. The van der Waals surface area contributed by atoms with Crippen molar-refractivity contribution < 1.29 is 87.3 Å². The van der Waals surface area contributed by atoms with Gasteiger partial charge in [0.2, 0.25) is 0 Å². The summed E-state index contributed by atoms with van der Waals surface area (Å²) in [6, 6.07) is 56.3. The van der Waals surface area contributed by atoms with Gasteiger partial charge in [-0.25, -0.2) is 4.98 Å². The van der Waals surface area contributed by atoms with E-state index in [1.54, 1.807) is 20.8 Å². The largest absolute Gasteiger partial charge is 1.00 e. The summed E-state index contributed by atoms with van der Waals surface area (Å²) in [6.45, 7) is 43.0. The minimum atomic E-state index is -0.750. The van der Waals surface area contributed by atoms with Crippen molar-refractivity contribution in [2.75, 3.05) is 69.3 Å². The van der Waals surface area contributed by atoms with Crippen LogP contribution in [0.2, 0.25) is 0 Å². The summed E-state index contributed by atoms with van der Waals surface area (Å²) in [7, 11) is 4.38. The van der Waals surface area contributed by atoms with Crippen molar-refractivity contribution in [3.63, 3.8) is 0 Å². The van der Waals surface area contributed by atoms with Gasteiger partial charge >= 0.3 is 83.5 Å². The Morgan fingerprint density at radius 3 is 1.62 bits per heavy atom. The topological polar surface area (TPSA) is 82.7 Å². The fourth-order valence-corrected chi connectivity index (χ4v) is 15.8. The molecule has 0 saturated carbocycles. The first kappa shape index (κ1) is 82.0. The number of hydrogen-bond acceptors (Lipinski definition) is 7. The minimum absolute atomic E-state index is 0. The second-order valence-corrected chi connectivity index (χ2v) is 30.4. The molecule has 6 aromatic rings. The molecule has 0 bridgehead atoms. The average Bonchev–Trinajstić information content (AvgIpc) is 2.42. The Labute approximate surface area is 614 Å². The van der Waals surface area contributed by atoms with Crippen molar-refractivity contribution in [2.45, 2.75) is 151 Å². The van der Waals surface area contributed by atoms with E-state index in [9.17, 15) is 5.11 Å². The van der Waals surface area contributed by atoms with Crippen molar-refractivity contribution in [1.29, 1.82) is 0 Å². The maximum Gasteiger partial charge on any atom is 1.00 e. The first-order valence-electron chi connectivity index (χ1n) is 30.3. The minimum Gasteiger partial charge on any atom is -0.184 e. The number of quaternary nitrogens is 2. The maximum atomic E-state index is 10.1. The van der Waals surface area contributed by atoms with Crippen LogP contribution in [-0.4, -0.2) is 110 Å². The van der Waals surface area contributed by atoms with Crippen LogP contribution in [0.5, 0.6) is 0 Å². The van der Waals surface area contributed by atoms with Crippen molar-refractivity contribution in [3.8, 4) is 11.1 Å². The van der Waals surface area contributed by atoms with Crippen molar-refractivity contribution in [3.05, 3.63) is 203 Å². The Kier molecular flexibility index (Phi) is 36.2. The van der Waals surface area contributed by atoms with Crippen molar-refractivity contribution in [2.24, 2.45) is 4.99 Å². The van der Waals surface area contributed by atoms with Crippen LogP contribution < -0.4 is 71.5 Å². The van der Waals surface area contributed by atoms with Crippen molar-refractivity contribution in [1.82, 2.24) is 14.8 Å². The zero-order valence-corrected chi connectivity index (χ0v) is 66.6. The van der Waals surface area contributed by atoms with Gasteiger partial charge in [0.25, 0.3) is 10.9 Å². The fourth-order valence-electron chi connectivity index (χ4n) is 11.2. The molecule has 5 aliphatic heterocycles. The van der Waals surface area contributed by atoms with Gasteiger partial charge in [0.05, 0.1) is 37.6 Å². The zero-order valence-electron chi connectivity index (χ0n) is 55.2. The molecular weight excluding hydrogens is 1360 g/mol. The van der Waals surface area contributed by atoms with Gasteiger partial charge in [-0.1, -0.05) is 181 Å². The number of alkyl halides is 2. The molecule has 2 unspecified atom stereocenters. The predicted octanol–water partition coefficient (Wildman–Crippen LogP) is 14.5. The number of nitrogens with one attached hydrogen (secondary N) is 2. The average molecular weight is 1470 g/mol. The molecule has 2 aromatic heterocycles. The number of likely N-dealkylation sites (N-methyl/N-ethyl adjacent to an activating group) is 2. The van der Waals surface area contributed by atoms with E-state index in [-0.39, 0.29) is 87.4 Å². The standard InChI is InChI=1S/C18H34N3P.2C12H17ClN3.C12H10.C6H5I.C6H5.C4H9O.CH4.ClH.K.Zn/c1-9-21(10-2)14-15-12-11-13-16(19-15)20-22(17(3,4)5)18(6,7)8;2*1-3-16(4-2)8-10-6-5-7-11-14-9-12(16,13)15(10)11;1-3-7-11(8-4-1)12-9-5-2-6-10-12;7-6-4-2-1-3-5-6;1-2-4-6-5-3-1;1-4(2,3)5;;;;/h11-13H,9-10,14H2,1-8H3,(H,19,20);2*5-7H,3-4,8-9H2,1-2H3;1-10H;1-5H;1-5H;1-3H3;1H4;1H;;/q;2*+1;;;2*-1;;;+1;+2. The second-order valence-electron chi connectivity index (χ2n) is 24.4. The summed E-state index contributed by atoms with van der Waals surface area (Å²) in [5.74, 6) is 3.21. The Bertz CT molecular complexity index is 2930. The second kappa shape index (κ2) is 38.9. The predicted molar refractivity (Wildman–Crippen MR) is 380 cm³/mol. The number of nitrogens with zero attached hydrogens (tertiary/aromatic N) is 7. The number of aromatic nitrogens is 2. The summed E-state index contributed by atoms with van der Waals surface area (Å²) < 4.78 is 5.44. The zero-order chi connectivity index (χ0) is 63.8. The van der Waals surface area contributed by atoms with Crippen LogP contribution in [-0.2, 0) is 35.5 Å². The Morgan fingerprint density at radius 2 is 1.19 bits per heavy atom. The molecule has 4 aromatic carbocycles. The SMILES string of the molecule is C.CC(C)(C)[O-].CCN(CC)Cc1cccc(NP(C(C)(C)C)C(C)(C)C)n1.CC[N+]1(CC)CC2=CC=CC3=NCC1(Cl)N23.CC[N+]1(CC)Cc2cccc3[n+]2C1(Cl)CN3.Ic1ccccc1.[Cl][Zn+].[K+].[c-]1ccccc1.c1ccc(-c2ccccc2)cc1. The van der Waals surface area contributed by atoms with Crippen LogP contribution in [0.25, 0.3) is 11.1 Å². The van der Waals surface area contributed by atoms with E-state index in [0.29, 0.717) is 6.54 Å². The van der Waals surface area contributed by atoms with Gasteiger partial charge in [0.1, 0.15) is 31.3 Å². The molecule has 1 fully saturated rings. The molecule has 0 aliphatic carbocycles. The third kappa shape index (κ3) is 23.1. The molecule has 1 saturated heterocycles. The number of rotatable bonds is 11. The molecule has 10 nitrogen and oxygen atoms in total. The van der Waals surface area contributed by atoms with E-state index >= 15 is 0 Å². The van der Waals surface area contributed by atoms with Gasteiger partial charge < -0.3 is 10.2 Å². The van der Waals surface area contributed by atoms with Gasteiger partial charge in [-0.05, 0) is 129 Å². The molecule has 0 amide bonds. The van der Waals surface area contributed by atoms with Crippen LogP contribution in [0.1, 0.15) is 123 Å². The van der Waals surface area contributed by atoms with Crippen LogP contribution in [0.3, 0.4) is 0 Å². The number of benzene rings is 4. The van der Waals surface area contributed by atoms with E-state index in [2.05, 4.69) is 257 Å². The number of pyridine rings is 2. The molecule has 7 heterocycles. The van der Waals surface area contributed by atoms with Crippen molar-refractivity contribution >= 4 is 81.0 Å². The van der Waals surface area contributed by atoms with Gasteiger partial charge in [0.15, 0.2) is 12.2 Å². The molecule has 17 heteroatoms. The molecule has 88 heavy (non-hydrogen) atoms. The summed E-state index contributed by atoms with van der Waals surface area (Å²) in [5, 5.41) is 17.1. The molecule has 0 radical (unpaired) electrons. The first-order valence-corrected chi connectivity index (χ1v) is 37.4. The van der Waals surface area contributed by atoms with Crippen LogP contribution in [0.4, 0.5) is 11.6 Å². The molecule has 11 rings (SSSR count). The smallest absolute Gasteiger partial charge is 0.184 e. The van der Waals surface area contributed by atoms with E-state index in [1.807, 2.05) is 60.7 Å². The third-order valence-electron chi connectivity index (χ3n) is 15.4. The number of allylic oxidation sites excluding steroid dienone is 2. The van der Waals surface area contributed by atoms with Gasteiger partial charge in [-0.3, -0.25) is 29.1 Å². The molecule has 5 aliphatic rings. The number of amidine groups is 1. The van der Waals surface area contributed by atoms with E-state index < -0.39 is 5.60 Å². The normalized spacial score (nSPS) is 18.0. The number of anilines is 2. The number of aliphatic imine (C=N–C) groups is 1. The Balaban J connectivity index is 0.000000363. The Morgan fingerprint density at radius 1 is 0.705 bits per heavy atom. The summed E-state index contributed by atoms with van der Waals surface area (Å²) in [5.41, 5.74) is 5.61. The molecular formula is C71H102Cl3IKN9OPZn+3. The van der Waals surface area contributed by atoms with Crippen LogP contribution >= 0.6 is 63.6 Å². The molecule has 470 valence electrons. The van der Waals surface area contributed by atoms with E-state index in [0.717, 1.165) is 115 Å². The quantitative estimate of drug-likeness (QED) is 0.0197. The summed E-state index contributed by atoms with van der Waals surface area (Å²) >= 11 is 17.0. The van der Waals surface area contributed by atoms with Crippen LogP contribution in [0.15, 0.2) is 187 Å². The maximum absolute atomic E-state index is 10.1. The molecule has 0 spiro atoms. The monoisotopic (exact) mass is 1460 g/mol. The third-order valence-corrected chi connectivity index (χ3v) is 20.6. The van der Waals surface area contributed by atoms with E-state index in [4.69, 9.17) is 37.9 Å². The molecule has 2 N–H and O–H groups in total. The fraction of sp³-hybridized carbons (Fsp3) is 0.451.